The Morgan fingerprint density at radius 3 is 2.59 bits per heavy atom. The standard InChI is InChI=1S/C10H7ClF4N2/c11-4-8-16-9-6(12)2-1-3-7(9)17(8)5-10(13,14)15/h1-3H,4-5H2. The van der Waals surface area contributed by atoms with Crippen LogP contribution in [0.1, 0.15) is 5.82 Å². The topological polar surface area (TPSA) is 17.8 Å². The van der Waals surface area contributed by atoms with Gasteiger partial charge in [0.15, 0.2) is 5.82 Å². The number of hydrogen-bond donors (Lipinski definition) is 0. The summed E-state index contributed by atoms with van der Waals surface area (Å²) in [6.07, 6.45) is -4.40. The predicted molar refractivity (Wildman–Crippen MR) is 55.3 cm³/mol. The Bertz CT molecular complexity index is 547. The van der Waals surface area contributed by atoms with Crippen LogP contribution in [0.2, 0.25) is 0 Å². The Morgan fingerprint density at radius 1 is 1.29 bits per heavy atom. The van der Waals surface area contributed by atoms with Crippen LogP contribution >= 0.6 is 11.6 Å². The molecule has 0 bridgehead atoms. The Hall–Kier alpha value is -1.30. The second kappa shape index (κ2) is 4.18. The number of alkyl halides is 4. The third kappa shape index (κ3) is 2.36. The summed E-state index contributed by atoms with van der Waals surface area (Å²) < 4.78 is 51.4. The summed E-state index contributed by atoms with van der Waals surface area (Å²) in [5.74, 6) is -0.858. The van der Waals surface area contributed by atoms with Crippen LogP contribution in [0.15, 0.2) is 18.2 Å². The average Bonchev–Trinajstić information content (AvgIpc) is 2.56. The molecule has 0 saturated carbocycles. The molecule has 0 N–H and O–H groups in total. The van der Waals surface area contributed by atoms with Crippen molar-refractivity contribution in [2.75, 3.05) is 0 Å². The molecule has 0 aliphatic heterocycles. The molecule has 7 heteroatoms. The van der Waals surface area contributed by atoms with Gasteiger partial charge in [0.25, 0.3) is 0 Å². The summed E-state index contributed by atoms with van der Waals surface area (Å²) >= 11 is 5.51. The van der Waals surface area contributed by atoms with Gasteiger partial charge in [-0.1, -0.05) is 6.07 Å². The van der Waals surface area contributed by atoms with Crippen molar-refractivity contribution in [3.63, 3.8) is 0 Å². The van der Waals surface area contributed by atoms with Gasteiger partial charge in [-0.05, 0) is 12.1 Å². The highest BCUT2D eigenvalue weighted by molar-refractivity contribution is 6.16. The molecule has 1 aromatic heterocycles. The number of aromatic nitrogens is 2. The minimum atomic E-state index is -4.40. The van der Waals surface area contributed by atoms with Crippen molar-refractivity contribution in [3.05, 3.63) is 29.8 Å². The second-order valence-corrected chi connectivity index (χ2v) is 3.74. The van der Waals surface area contributed by atoms with Crippen molar-refractivity contribution in [2.45, 2.75) is 18.6 Å². The summed E-state index contributed by atoms with van der Waals surface area (Å²) in [6, 6.07) is 3.86. The summed E-state index contributed by atoms with van der Waals surface area (Å²) in [5, 5.41) is 0. The molecule has 0 unspecified atom stereocenters. The molecule has 0 amide bonds. The normalized spacial score (nSPS) is 12.3. The van der Waals surface area contributed by atoms with Gasteiger partial charge in [0, 0.05) is 0 Å². The second-order valence-electron chi connectivity index (χ2n) is 3.47. The lowest BCUT2D eigenvalue weighted by Crippen LogP contribution is -2.19. The van der Waals surface area contributed by atoms with Crippen LogP contribution in [0.25, 0.3) is 11.0 Å². The Balaban J connectivity index is 2.63. The van der Waals surface area contributed by atoms with Crippen LogP contribution in [0.4, 0.5) is 17.6 Å². The molecule has 0 saturated heterocycles. The largest absolute Gasteiger partial charge is 0.406 e. The van der Waals surface area contributed by atoms with Crippen molar-refractivity contribution in [2.24, 2.45) is 0 Å². The van der Waals surface area contributed by atoms with Gasteiger partial charge in [-0.15, -0.1) is 11.6 Å². The van der Waals surface area contributed by atoms with Crippen LogP contribution in [0, 0.1) is 5.82 Å². The number of nitrogens with zero attached hydrogens (tertiary/aromatic N) is 2. The quantitative estimate of drug-likeness (QED) is 0.601. The summed E-state index contributed by atoms with van der Waals surface area (Å²) in [5.41, 5.74) is 0.00498. The maximum atomic E-state index is 13.3. The number of rotatable bonds is 2. The molecule has 2 aromatic rings. The fraction of sp³-hybridized carbons (Fsp3) is 0.300. The van der Waals surface area contributed by atoms with Crippen molar-refractivity contribution in [1.29, 1.82) is 0 Å². The Kier molecular flexibility index (Phi) is 2.99. The fourth-order valence-corrected chi connectivity index (χ4v) is 1.82. The number of halogens is 5. The smallest absolute Gasteiger partial charge is 0.318 e. The van der Waals surface area contributed by atoms with Crippen molar-refractivity contribution >= 4 is 22.6 Å². The zero-order valence-electron chi connectivity index (χ0n) is 8.43. The van der Waals surface area contributed by atoms with E-state index in [2.05, 4.69) is 4.98 Å². The van der Waals surface area contributed by atoms with Crippen molar-refractivity contribution in [3.8, 4) is 0 Å². The van der Waals surface area contributed by atoms with Gasteiger partial charge in [0.1, 0.15) is 17.9 Å². The lowest BCUT2D eigenvalue weighted by Gasteiger charge is -2.10. The fourth-order valence-electron chi connectivity index (χ4n) is 1.62. The van der Waals surface area contributed by atoms with Crippen LogP contribution in [0.5, 0.6) is 0 Å². The van der Waals surface area contributed by atoms with Crippen LogP contribution in [-0.4, -0.2) is 15.7 Å². The van der Waals surface area contributed by atoms with Crippen molar-refractivity contribution in [1.82, 2.24) is 9.55 Å². The molecular weight excluding hydrogens is 260 g/mol. The summed E-state index contributed by atoms with van der Waals surface area (Å²) in [7, 11) is 0. The van der Waals surface area contributed by atoms with Gasteiger partial charge in [-0.3, -0.25) is 0 Å². The molecule has 1 heterocycles. The highest BCUT2D eigenvalue weighted by atomic mass is 35.5. The van der Waals surface area contributed by atoms with E-state index in [1.807, 2.05) is 0 Å². The third-order valence-corrected chi connectivity index (χ3v) is 2.50. The molecule has 0 atom stereocenters. The van der Waals surface area contributed by atoms with Crippen molar-refractivity contribution < 1.29 is 17.6 Å². The zero-order valence-corrected chi connectivity index (χ0v) is 9.19. The SMILES string of the molecule is Fc1cccc2c1nc(CCl)n2CC(F)(F)F. The van der Waals surface area contributed by atoms with Gasteiger partial charge in [-0.2, -0.15) is 13.2 Å². The van der Waals surface area contributed by atoms with E-state index in [-0.39, 0.29) is 22.7 Å². The van der Waals surface area contributed by atoms with E-state index in [0.29, 0.717) is 0 Å². The first kappa shape index (κ1) is 12.2. The molecule has 2 nitrogen and oxygen atoms in total. The molecule has 2 rings (SSSR count). The maximum absolute atomic E-state index is 13.3. The number of para-hydroxylation sites is 1. The van der Waals surface area contributed by atoms with Gasteiger partial charge in [-0.25, -0.2) is 9.37 Å². The molecule has 0 aliphatic rings. The lowest BCUT2D eigenvalue weighted by molar-refractivity contribution is -0.140. The van der Waals surface area contributed by atoms with Gasteiger partial charge in [0.2, 0.25) is 0 Å². The molecular formula is C10H7ClF4N2. The molecule has 1 aromatic carbocycles. The third-order valence-electron chi connectivity index (χ3n) is 2.27. The molecule has 0 spiro atoms. The Morgan fingerprint density at radius 2 is 2.00 bits per heavy atom. The first-order valence-corrected chi connectivity index (χ1v) is 5.22. The van der Waals surface area contributed by atoms with E-state index in [9.17, 15) is 17.6 Å². The average molecular weight is 267 g/mol. The van der Waals surface area contributed by atoms with Gasteiger partial charge in [0.05, 0.1) is 11.4 Å². The van der Waals surface area contributed by atoms with E-state index in [4.69, 9.17) is 11.6 Å². The highest BCUT2D eigenvalue weighted by Gasteiger charge is 2.30. The van der Waals surface area contributed by atoms with E-state index < -0.39 is 18.5 Å². The van der Waals surface area contributed by atoms with Crippen LogP contribution in [-0.2, 0) is 12.4 Å². The van der Waals surface area contributed by atoms with E-state index in [1.165, 1.54) is 12.1 Å². The number of imidazole rings is 1. The van der Waals surface area contributed by atoms with Crippen LogP contribution in [0.3, 0.4) is 0 Å². The van der Waals surface area contributed by atoms with Gasteiger partial charge >= 0.3 is 6.18 Å². The number of hydrogen-bond acceptors (Lipinski definition) is 1. The molecule has 0 radical (unpaired) electrons. The minimum absolute atomic E-state index is 0.00379. The Labute approximate surface area is 98.8 Å². The highest BCUT2D eigenvalue weighted by Crippen LogP contribution is 2.25. The summed E-state index contributed by atoms with van der Waals surface area (Å²) in [4.78, 5) is 3.77. The maximum Gasteiger partial charge on any atom is 0.406 e. The minimum Gasteiger partial charge on any atom is -0.318 e. The van der Waals surface area contributed by atoms with E-state index >= 15 is 0 Å². The molecule has 17 heavy (non-hydrogen) atoms. The van der Waals surface area contributed by atoms with Crippen LogP contribution < -0.4 is 0 Å². The molecule has 0 fully saturated rings. The van der Waals surface area contributed by atoms with E-state index in [0.717, 1.165) is 10.6 Å². The number of fused-ring (bicyclic) bond motifs is 1. The predicted octanol–water partition coefficient (Wildman–Crippen LogP) is 3.48. The monoisotopic (exact) mass is 266 g/mol. The molecule has 92 valence electrons. The first-order chi connectivity index (χ1) is 7.92. The summed E-state index contributed by atoms with van der Waals surface area (Å²) in [6.45, 7) is -1.23. The van der Waals surface area contributed by atoms with E-state index in [1.54, 1.807) is 0 Å². The lowest BCUT2D eigenvalue weighted by atomic mass is 10.3. The first-order valence-electron chi connectivity index (χ1n) is 4.68. The van der Waals surface area contributed by atoms with Gasteiger partial charge < -0.3 is 4.57 Å². The zero-order chi connectivity index (χ0) is 12.6. The number of benzene rings is 1. The molecule has 0 aliphatic carbocycles.